The van der Waals surface area contributed by atoms with Crippen molar-refractivity contribution in [2.75, 3.05) is 5.73 Å². The molecule has 21 heavy (non-hydrogen) atoms. The summed E-state index contributed by atoms with van der Waals surface area (Å²) in [5.74, 6) is 1.26. The van der Waals surface area contributed by atoms with Crippen molar-refractivity contribution in [3.63, 3.8) is 0 Å². The lowest BCUT2D eigenvalue weighted by molar-refractivity contribution is -0.0174. The molecule has 2 rings (SSSR count). The van der Waals surface area contributed by atoms with Crippen molar-refractivity contribution in [3.05, 3.63) is 28.8 Å². The minimum Gasteiger partial charge on any atom is -0.458 e. The number of rotatable bonds is 3. The van der Waals surface area contributed by atoms with Gasteiger partial charge >= 0.3 is 5.97 Å². The van der Waals surface area contributed by atoms with Crippen molar-refractivity contribution in [3.8, 4) is 0 Å². The largest absolute Gasteiger partial charge is 0.458 e. The van der Waals surface area contributed by atoms with E-state index in [1.165, 1.54) is 6.42 Å². The molecule has 0 amide bonds. The van der Waals surface area contributed by atoms with E-state index in [0.717, 1.165) is 12.8 Å². The zero-order chi connectivity index (χ0) is 15.6. The summed E-state index contributed by atoms with van der Waals surface area (Å²) in [5, 5.41) is 0.391. The van der Waals surface area contributed by atoms with Crippen LogP contribution in [0.4, 0.5) is 5.69 Å². The number of nitrogens with two attached hydrogens (primary N) is 1. The standard InChI is InChI=1S/C17H24ClNO2/c1-10(2)13-6-4-11(3)8-16(13)21-17(20)12-5-7-15(19)14(18)9-12/h5,7,9-11,13,16H,4,6,8,19H2,1-3H3. The maximum atomic E-state index is 12.3. The van der Waals surface area contributed by atoms with Crippen molar-refractivity contribution in [1.82, 2.24) is 0 Å². The molecular formula is C17H24ClNO2. The van der Waals surface area contributed by atoms with Crippen LogP contribution in [0.15, 0.2) is 18.2 Å². The molecule has 0 spiro atoms. The Morgan fingerprint density at radius 3 is 2.71 bits per heavy atom. The summed E-state index contributed by atoms with van der Waals surface area (Å²) in [7, 11) is 0. The smallest absolute Gasteiger partial charge is 0.338 e. The molecule has 0 radical (unpaired) electrons. The molecule has 1 aromatic carbocycles. The number of esters is 1. The second-order valence-corrected chi connectivity index (χ2v) is 6.91. The molecule has 1 aliphatic carbocycles. The van der Waals surface area contributed by atoms with Gasteiger partial charge in [0, 0.05) is 0 Å². The van der Waals surface area contributed by atoms with Gasteiger partial charge in [-0.15, -0.1) is 0 Å². The molecule has 1 fully saturated rings. The van der Waals surface area contributed by atoms with Crippen LogP contribution in [-0.4, -0.2) is 12.1 Å². The number of benzene rings is 1. The first kappa shape index (κ1) is 16.2. The van der Waals surface area contributed by atoms with Crippen LogP contribution in [0.3, 0.4) is 0 Å². The second-order valence-electron chi connectivity index (χ2n) is 6.51. The molecule has 0 aromatic heterocycles. The predicted octanol–water partition coefficient (Wildman–Crippen LogP) is 4.54. The first-order chi connectivity index (χ1) is 9.88. The first-order valence-electron chi connectivity index (χ1n) is 7.64. The summed E-state index contributed by atoms with van der Waals surface area (Å²) in [5.41, 5.74) is 6.61. The number of carbonyl (C=O) groups excluding carboxylic acids is 1. The molecule has 3 nitrogen and oxygen atoms in total. The number of anilines is 1. The topological polar surface area (TPSA) is 52.3 Å². The van der Waals surface area contributed by atoms with Gasteiger partial charge in [-0.1, -0.05) is 38.8 Å². The van der Waals surface area contributed by atoms with Gasteiger partial charge in [0.15, 0.2) is 0 Å². The van der Waals surface area contributed by atoms with Crippen molar-refractivity contribution in [2.45, 2.75) is 46.1 Å². The Morgan fingerprint density at radius 2 is 2.10 bits per heavy atom. The van der Waals surface area contributed by atoms with Crippen LogP contribution in [0.2, 0.25) is 5.02 Å². The van der Waals surface area contributed by atoms with E-state index >= 15 is 0 Å². The fourth-order valence-electron chi connectivity index (χ4n) is 3.11. The maximum Gasteiger partial charge on any atom is 0.338 e. The molecule has 1 aliphatic rings. The van der Waals surface area contributed by atoms with Gasteiger partial charge in [-0.2, -0.15) is 0 Å². The van der Waals surface area contributed by atoms with Crippen LogP contribution >= 0.6 is 11.6 Å². The quantitative estimate of drug-likeness (QED) is 0.658. The molecule has 3 atom stereocenters. The third-order valence-corrected chi connectivity index (χ3v) is 4.78. The number of hydrogen-bond donors (Lipinski definition) is 1. The Kier molecular flexibility index (Phi) is 5.15. The van der Waals surface area contributed by atoms with E-state index in [1.807, 2.05) is 0 Å². The SMILES string of the molecule is CC1CCC(C(C)C)C(OC(=O)c2ccc(N)c(Cl)c2)C1. The predicted molar refractivity (Wildman–Crippen MR) is 86.4 cm³/mol. The van der Waals surface area contributed by atoms with Gasteiger partial charge in [0.1, 0.15) is 6.10 Å². The van der Waals surface area contributed by atoms with Gasteiger partial charge < -0.3 is 10.5 Å². The molecule has 1 saturated carbocycles. The van der Waals surface area contributed by atoms with Gasteiger partial charge in [-0.3, -0.25) is 0 Å². The Hall–Kier alpha value is -1.22. The fraction of sp³-hybridized carbons (Fsp3) is 0.588. The molecule has 0 bridgehead atoms. The van der Waals surface area contributed by atoms with Crippen molar-refractivity contribution < 1.29 is 9.53 Å². The van der Waals surface area contributed by atoms with E-state index in [0.29, 0.717) is 34.0 Å². The van der Waals surface area contributed by atoms with Crippen molar-refractivity contribution >= 4 is 23.3 Å². The summed E-state index contributed by atoms with van der Waals surface area (Å²) in [6.45, 7) is 6.61. The van der Waals surface area contributed by atoms with E-state index in [2.05, 4.69) is 20.8 Å². The maximum absolute atomic E-state index is 12.3. The zero-order valence-electron chi connectivity index (χ0n) is 12.9. The highest BCUT2D eigenvalue weighted by Gasteiger charge is 2.33. The molecule has 116 valence electrons. The minimum atomic E-state index is -0.304. The Morgan fingerprint density at radius 1 is 1.38 bits per heavy atom. The number of nitrogen functional groups attached to an aromatic ring is 1. The molecule has 0 saturated heterocycles. The van der Waals surface area contributed by atoms with Crippen LogP contribution in [-0.2, 0) is 4.74 Å². The number of hydrogen-bond acceptors (Lipinski definition) is 3. The average Bonchev–Trinajstić information content (AvgIpc) is 2.41. The summed E-state index contributed by atoms with van der Waals surface area (Å²) < 4.78 is 5.78. The highest BCUT2D eigenvalue weighted by atomic mass is 35.5. The molecule has 4 heteroatoms. The Bertz CT molecular complexity index is 516. The molecule has 1 aromatic rings. The van der Waals surface area contributed by atoms with Crippen LogP contribution in [0, 0.1) is 17.8 Å². The first-order valence-corrected chi connectivity index (χ1v) is 8.02. The van der Waals surface area contributed by atoms with Gasteiger partial charge in [0.05, 0.1) is 16.3 Å². The Balaban J connectivity index is 2.10. The number of carbonyl (C=O) groups is 1. The van der Waals surface area contributed by atoms with Crippen LogP contribution in [0.1, 0.15) is 50.4 Å². The van der Waals surface area contributed by atoms with Gasteiger partial charge in [0.25, 0.3) is 0 Å². The Labute approximate surface area is 131 Å². The highest BCUT2D eigenvalue weighted by molar-refractivity contribution is 6.33. The zero-order valence-corrected chi connectivity index (χ0v) is 13.7. The normalized spacial score (nSPS) is 25.9. The van der Waals surface area contributed by atoms with Crippen molar-refractivity contribution in [1.29, 1.82) is 0 Å². The monoisotopic (exact) mass is 309 g/mol. The van der Waals surface area contributed by atoms with Gasteiger partial charge in [0.2, 0.25) is 0 Å². The lowest BCUT2D eigenvalue weighted by atomic mass is 9.75. The van der Waals surface area contributed by atoms with E-state index in [4.69, 9.17) is 22.1 Å². The third-order valence-electron chi connectivity index (χ3n) is 4.46. The van der Waals surface area contributed by atoms with Crippen LogP contribution in [0.5, 0.6) is 0 Å². The molecule has 3 unspecified atom stereocenters. The second kappa shape index (κ2) is 6.69. The summed E-state index contributed by atoms with van der Waals surface area (Å²) in [6.07, 6.45) is 3.28. The summed E-state index contributed by atoms with van der Waals surface area (Å²) in [4.78, 5) is 12.3. The lowest BCUT2D eigenvalue weighted by Crippen LogP contribution is -2.35. The summed E-state index contributed by atoms with van der Waals surface area (Å²) >= 11 is 5.97. The van der Waals surface area contributed by atoms with Crippen LogP contribution < -0.4 is 5.73 Å². The molecular weight excluding hydrogens is 286 g/mol. The fourth-order valence-corrected chi connectivity index (χ4v) is 3.29. The van der Waals surface area contributed by atoms with Crippen molar-refractivity contribution in [2.24, 2.45) is 17.8 Å². The van der Waals surface area contributed by atoms with E-state index in [1.54, 1.807) is 18.2 Å². The average molecular weight is 310 g/mol. The van der Waals surface area contributed by atoms with Gasteiger partial charge in [-0.05, 0) is 48.8 Å². The molecule has 2 N–H and O–H groups in total. The van der Waals surface area contributed by atoms with E-state index in [-0.39, 0.29) is 12.1 Å². The van der Waals surface area contributed by atoms with Crippen LogP contribution in [0.25, 0.3) is 0 Å². The highest BCUT2D eigenvalue weighted by Crippen LogP contribution is 2.35. The van der Waals surface area contributed by atoms with E-state index < -0.39 is 0 Å². The van der Waals surface area contributed by atoms with Gasteiger partial charge in [-0.25, -0.2) is 4.79 Å². The lowest BCUT2D eigenvalue weighted by Gasteiger charge is -2.36. The van der Waals surface area contributed by atoms with E-state index in [9.17, 15) is 4.79 Å². The minimum absolute atomic E-state index is 0.00224. The molecule has 0 heterocycles. The number of ether oxygens (including phenoxy) is 1. The third kappa shape index (κ3) is 3.91. The molecule has 0 aliphatic heterocycles. The number of halogens is 1. The summed E-state index contributed by atoms with van der Waals surface area (Å²) in [6, 6.07) is 4.89.